The summed E-state index contributed by atoms with van der Waals surface area (Å²) in [4.78, 5) is 23.8. The molecule has 3 aromatic rings. The van der Waals surface area contributed by atoms with Gasteiger partial charge in [0.05, 0.1) is 6.54 Å². The minimum Gasteiger partial charge on any atom is -0.504 e. The molecule has 0 unspecified atom stereocenters. The van der Waals surface area contributed by atoms with E-state index in [1.165, 1.54) is 32.0 Å². The molecule has 12 nitrogen and oxygen atoms in total. The van der Waals surface area contributed by atoms with Gasteiger partial charge < -0.3 is 41.0 Å². The molecule has 0 radical (unpaired) electrons. The number of halogens is 2. The standard InChI is InChI=1S/C30H35F2N7O5/c1-30(2,29(41)42)39(13-5-4-11-33)24-22(31)27(43-19-8-6-7-18(15-19)26-36-12-14-38(26)3)37-28(23(24)32)44-21-16-17(25(34)35)9-10-20(21)40/h6-10,15-16,40H,4-5,11-14,33H2,1-3H3,(H3,34,35)(H,41,42). The number of nitrogens with one attached hydrogen (secondary N) is 1. The van der Waals surface area contributed by atoms with E-state index < -0.39 is 46.3 Å². The van der Waals surface area contributed by atoms with Crippen molar-refractivity contribution in [1.82, 2.24) is 9.88 Å². The number of aromatic hydroxyl groups is 1. The molecule has 7 N–H and O–H groups in total. The Kier molecular flexibility index (Phi) is 9.53. The maximum atomic E-state index is 16.3. The van der Waals surface area contributed by atoms with E-state index in [1.807, 2.05) is 11.9 Å². The third-order valence-corrected chi connectivity index (χ3v) is 7.14. The highest BCUT2D eigenvalue weighted by molar-refractivity contribution is 6.00. The number of carbonyl (C=O) groups is 1. The number of aliphatic carboxylic acids is 1. The summed E-state index contributed by atoms with van der Waals surface area (Å²) in [5.41, 5.74) is 9.48. The number of anilines is 1. The molecule has 2 aromatic carbocycles. The van der Waals surface area contributed by atoms with Crippen molar-refractivity contribution < 1.29 is 33.3 Å². The van der Waals surface area contributed by atoms with Gasteiger partial charge in [-0.2, -0.15) is 13.8 Å². The van der Waals surface area contributed by atoms with Crippen LogP contribution in [0.15, 0.2) is 47.5 Å². The number of hydrogen-bond acceptors (Lipinski definition) is 10. The third-order valence-electron chi connectivity index (χ3n) is 7.14. The van der Waals surface area contributed by atoms with Crippen molar-refractivity contribution in [2.45, 2.75) is 32.2 Å². The van der Waals surface area contributed by atoms with Crippen LogP contribution in [0.1, 0.15) is 37.8 Å². The summed E-state index contributed by atoms with van der Waals surface area (Å²) >= 11 is 0. The van der Waals surface area contributed by atoms with Crippen molar-refractivity contribution in [3.05, 3.63) is 65.2 Å². The lowest BCUT2D eigenvalue weighted by molar-refractivity contribution is -0.142. The van der Waals surface area contributed by atoms with E-state index in [0.717, 1.165) is 11.4 Å². The van der Waals surface area contributed by atoms with Crippen LogP contribution in [-0.2, 0) is 4.79 Å². The quantitative estimate of drug-likeness (QED) is 0.107. The summed E-state index contributed by atoms with van der Waals surface area (Å²) in [5.74, 6) is -5.72. The van der Waals surface area contributed by atoms with E-state index in [1.54, 1.807) is 24.3 Å². The molecule has 1 aromatic heterocycles. The van der Waals surface area contributed by atoms with Crippen LogP contribution in [0.5, 0.6) is 29.0 Å². The number of nitrogens with two attached hydrogens (primary N) is 2. The molecule has 0 aliphatic carbocycles. The van der Waals surface area contributed by atoms with E-state index in [4.69, 9.17) is 26.4 Å². The zero-order valence-electron chi connectivity index (χ0n) is 24.6. The molecular weight excluding hydrogens is 576 g/mol. The molecular formula is C30H35F2N7O5. The van der Waals surface area contributed by atoms with Crippen LogP contribution < -0.4 is 25.8 Å². The lowest BCUT2D eigenvalue weighted by Crippen LogP contribution is -2.51. The summed E-state index contributed by atoms with van der Waals surface area (Å²) < 4.78 is 44.1. The smallest absolute Gasteiger partial charge is 0.328 e. The number of likely N-dealkylation sites (N-methyl/N-ethyl adjacent to an activating group) is 1. The van der Waals surface area contributed by atoms with Crippen LogP contribution in [0.2, 0.25) is 0 Å². The minimum absolute atomic E-state index is 0.0834. The molecule has 1 aliphatic heterocycles. The normalized spacial score (nSPS) is 13.0. The van der Waals surface area contributed by atoms with E-state index >= 15 is 8.78 Å². The van der Waals surface area contributed by atoms with Gasteiger partial charge in [-0.15, -0.1) is 0 Å². The van der Waals surface area contributed by atoms with Crippen LogP contribution in [0.4, 0.5) is 14.5 Å². The number of aliphatic imine (C=N–C) groups is 1. The number of amidine groups is 2. The Morgan fingerprint density at radius 2 is 1.84 bits per heavy atom. The number of pyridine rings is 1. The lowest BCUT2D eigenvalue weighted by atomic mass is 10.0. The fourth-order valence-corrected chi connectivity index (χ4v) is 4.58. The molecule has 4 rings (SSSR count). The van der Waals surface area contributed by atoms with Gasteiger partial charge in [-0.3, -0.25) is 10.4 Å². The molecule has 2 heterocycles. The van der Waals surface area contributed by atoms with Gasteiger partial charge >= 0.3 is 5.97 Å². The Morgan fingerprint density at radius 1 is 1.14 bits per heavy atom. The van der Waals surface area contributed by atoms with Crippen LogP contribution in [0.25, 0.3) is 0 Å². The Hall–Kier alpha value is -4.98. The largest absolute Gasteiger partial charge is 0.504 e. The van der Waals surface area contributed by atoms with Crippen molar-refractivity contribution >= 4 is 23.3 Å². The van der Waals surface area contributed by atoms with Crippen molar-refractivity contribution in [2.24, 2.45) is 16.5 Å². The summed E-state index contributed by atoms with van der Waals surface area (Å²) in [6, 6.07) is 10.4. The van der Waals surface area contributed by atoms with Gasteiger partial charge in [-0.05, 0) is 63.6 Å². The molecule has 0 saturated carbocycles. The first kappa shape index (κ1) is 31.9. The fraction of sp³-hybridized carbons (Fsp3) is 0.333. The number of aromatic nitrogens is 1. The molecule has 0 bridgehead atoms. The lowest BCUT2D eigenvalue weighted by Gasteiger charge is -2.37. The highest BCUT2D eigenvalue weighted by atomic mass is 19.1. The SMILES string of the molecule is CN1CCN=C1c1cccc(Oc2nc(Oc3cc(C(=N)N)ccc3O)c(F)c(N(CCCCN)C(C)(C)C(=O)O)c2F)c1. The highest BCUT2D eigenvalue weighted by Gasteiger charge is 2.40. The van der Waals surface area contributed by atoms with Crippen LogP contribution in [0, 0.1) is 17.0 Å². The highest BCUT2D eigenvalue weighted by Crippen LogP contribution is 2.42. The molecule has 0 fully saturated rings. The van der Waals surface area contributed by atoms with Crippen LogP contribution >= 0.6 is 0 Å². The molecule has 0 atom stereocenters. The number of carboxylic acids is 1. The van der Waals surface area contributed by atoms with E-state index in [0.29, 0.717) is 30.8 Å². The summed E-state index contributed by atoms with van der Waals surface area (Å²) in [6.45, 7) is 4.17. The second-order valence-electron chi connectivity index (χ2n) is 10.7. The molecule has 0 spiro atoms. The summed E-state index contributed by atoms with van der Waals surface area (Å²) in [7, 11) is 1.89. The van der Waals surface area contributed by atoms with Gasteiger partial charge in [-0.25, -0.2) is 4.79 Å². The Bertz CT molecular complexity index is 1600. The van der Waals surface area contributed by atoms with E-state index in [9.17, 15) is 15.0 Å². The first-order valence-corrected chi connectivity index (χ1v) is 13.8. The Labute approximate surface area is 253 Å². The summed E-state index contributed by atoms with van der Waals surface area (Å²) in [6.07, 6.45) is 0.782. The number of phenols is 1. The number of phenolic OH excluding ortho intramolecular Hbond substituents is 1. The van der Waals surface area contributed by atoms with Crippen molar-refractivity contribution in [2.75, 3.05) is 38.1 Å². The zero-order valence-corrected chi connectivity index (χ0v) is 24.6. The molecule has 44 heavy (non-hydrogen) atoms. The van der Waals surface area contributed by atoms with Crippen molar-refractivity contribution in [3.8, 4) is 29.0 Å². The monoisotopic (exact) mass is 611 g/mol. The molecule has 0 amide bonds. The predicted molar refractivity (Wildman–Crippen MR) is 161 cm³/mol. The second-order valence-corrected chi connectivity index (χ2v) is 10.7. The predicted octanol–water partition coefficient (Wildman–Crippen LogP) is 4.03. The first-order chi connectivity index (χ1) is 20.8. The van der Waals surface area contributed by atoms with Crippen molar-refractivity contribution in [3.63, 3.8) is 0 Å². The number of ether oxygens (including phenoxy) is 2. The molecule has 1 aliphatic rings. The number of hydrogen-bond donors (Lipinski definition) is 5. The van der Waals surface area contributed by atoms with Gasteiger partial charge in [0, 0.05) is 31.3 Å². The van der Waals surface area contributed by atoms with Crippen LogP contribution in [-0.4, -0.2) is 76.5 Å². The third kappa shape index (κ3) is 6.64. The molecule has 0 saturated heterocycles. The number of nitrogens with zero attached hydrogens (tertiary/aromatic N) is 4. The fourth-order valence-electron chi connectivity index (χ4n) is 4.58. The Morgan fingerprint density at radius 3 is 2.45 bits per heavy atom. The van der Waals surface area contributed by atoms with Gasteiger partial charge in [0.25, 0.3) is 11.8 Å². The maximum Gasteiger partial charge on any atom is 0.328 e. The van der Waals surface area contributed by atoms with Gasteiger partial charge in [0.2, 0.25) is 11.6 Å². The second kappa shape index (κ2) is 13.1. The number of nitrogen functional groups attached to an aromatic ring is 1. The first-order valence-electron chi connectivity index (χ1n) is 13.8. The van der Waals surface area contributed by atoms with Gasteiger partial charge in [0.15, 0.2) is 11.5 Å². The van der Waals surface area contributed by atoms with E-state index in [2.05, 4.69) is 9.98 Å². The van der Waals surface area contributed by atoms with Crippen LogP contribution in [0.3, 0.4) is 0 Å². The zero-order chi connectivity index (χ0) is 32.2. The minimum atomic E-state index is -1.80. The molecule has 234 valence electrons. The molecule has 14 heteroatoms. The van der Waals surface area contributed by atoms with Crippen molar-refractivity contribution in [1.29, 1.82) is 5.41 Å². The number of unbranched alkanes of at least 4 members (excludes halogenated alkanes) is 1. The summed E-state index contributed by atoms with van der Waals surface area (Å²) in [5, 5.41) is 28.1. The maximum absolute atomic E-state index is 16.3. The topological polar surface area (TPSA) is 184 Å². The average molecular weight is 612 g/mol. The van der Waals surface area contributed by atoms with Gasteiger partial charge in [0.1, 0.15) is 28.6 Å². The Balaban J connectivity index is 1.88. The van der Waals surface area contributed by atoms with E-state index in [-0.39, 0.29) is 36.0 Å². The van der Waals surface area contributed by atoms with Gasteiger partial charge in [-0.1, -0.05) is 12.1 Å². The number of benzene rings is 2. The number of rotatable bonds is 13. The average Bonchev–Trinajstić information content (AvgIpc) is 3.41. The number of carboxylic acid groups (broad SMARTS) is 1.